The van der Waals surface area contributed by atoms with Crippen LogP contribution in [0.25, 0.3) is 0 Å². The number of hydrogen-bond donors (Lipinski definition) is 1. The molecule has 9 heteroatoms. The lowest BCUT2D eigenvalue weighted by Crippen LogP contribution is -2.35. The third-order valence-corrected chi connectivity index (χ3v) is 3.40. The smallest absolute Gasteiger partial charge is 0.273 e. The maximum Gasteiger partial charge on any atom is 0.453 e. The first kappa shape index (κ1) is 13.9. The molecule has 1 N–H and O–H groups in total. The van der Waals surface area contributed by atoms with Gasteiger partial charge in [-0.2, -0.15) is 13.2 Å². The molecule has 0 saturated heterocycles. The van der Waals surface area contributed by atoms with Crippen molar-refractivity contribution in [3.63, 3.8) is 0 Å². The Morgan fingerprint density at radius 2 is 1.90 bits per heavy atom. The molecular formula is C12H8ClF3N4O. The highest BCUT2D eigenvalue weighted by Gasteiger charge is 2.42. The van der Waals surface area contributed by atoms with Crippen LogP contribution in [0.4, 0.5) is 13.2 Å². The number of benzene rings is 1. The van der Waals surface area contributed by atoms with E-state index >= 15 is 0 Å². The zero-order valence-corrected chi connectivity index (χ0v) is 11.1. The molecule has 1 amide bonds. The van der Waals surface area contributed by atoms with E-state index in [-0.39, 0.29) is 12.2 Å². The first-order valence-corrected chi connectivity index (χ1v) is 6.32. The number of amides is 1. The van der Waals surface area contributed by atoms with Gasteiger partial charge in [0, 0.05) is 11.4 Å². The minimum atomic E-state index is -4.69. The van der Waals surface area contributed by atoms with Gasteiger partial charge >= 0.3 is 6.18 Å². The lowest BCUT2D eigenvalue weighted by Gasteiger charge is -2.24. The molecule has 110 valence electrons. The number of aromatic nitrogens is 3. The standard InChI is InChI=1S/C12H8ClF3N4O/c13-7-3-1-6(2-4-7)8-5-9(21)19-20-10(8)17-18-11(20)12(14,15)16/h1-4,8H,5H2,(H,19,21). The second kappa shape index (κ2) is 4.73. The van der Waals surface area contributed by atoms with Gasteiger partial charge in [-0.15, -0.1) is 10.2 Å². The SMILES string of the molecule is O=C1CC(c2ccc(Cl)cc2)c2nnc(C(F)(F)F)n2N1. The highest BCUT2D eigenvalue weighted by atomic mass is 35.5. The molecule has 21 heavy (non-hydrogen) atoms. The summed E-state index contributed by atoms with van der Waals surface area (Å²) in [6, 6.07) is 6.51. The third kappa shape index (κ3) is 2.46. The summed E-state index contributed by atoms with van der Waals surface area (Å²) < 4.78 is 39.1. The highest BCUT2D eigenvalue weighted by Crippen LogP contribution is 2.34. The normalized spacial score (nSPS) is 18.3. The van der Waals surface area contributed by atoms with E-state index in [9.17, 15) is 18.0 Å². The molecule has 0 saturated carbocycles. The van der Waals surface area contributed by atoms with E-state index in [0.717, 1.165) is 0 Å². The molecule has 1 aromatic heterocycles. The molecule has 0 spiro atoms. The molecule has 0 fully saturated rings. The van der Waals surface area contributed by atoms with Gasteiger partial charge in [-0.05, 0) is 17.7 Å². The second-order valence-electron chi connectivity index (χ2n) is 4.56. The number of nitrogens with one attached hydrogen (secondary N) is 1. The van der Waals surface area contributed by atoms with E-state index in [4.69, 9.17) is 11.6 Å². The van der Waals surface area contributed by atoms with Gasteiger partial charge in [0.1, 0.15) is 0 Å². The van der Waals surface area contributed by atoms with E-state index < -0.39 is 23.8 Å². The van der Waals surface area contributed by atoms with Gasteiger partial charge in [-0.25, -0.2) is 4.68 Å². The van der Waals surface area contributed by atoms with Crippen molar-refractivity contribution >= 4 is 17.5 Å². The molecule has 1 unspecified atom stereocenters. The second-order valence-corrected chi connectivity index (χ2v) is 4.99. The van der Waals surface area contributed by atoms with Crippen molar-refractivity contribution in [3.8, 4) is 0 Å². The Kier molecular flexibility index (Phi) is 3.12. The first-order valence-electron chi connectivity index (χ1n) is 5.94. The Bertz CT molecular complexity index is 696. The van der Waals surface area contributed by atoms with E-state index in [1.54, 1.807) is 24.3 Å². The van der Waals surface area contributed by atoms with E-state index in [1.807, 2.05) is 0 Å². The Hall–Kier alpha value is -2.09. The first-order chi connectivity index (χ1) is 9.86. The fraction of sp³-hybridized carbons (Fsp3) is 0.250. The highest BCUT2D eigenvalue weighted by molar-refractivity contribution is 6.30. The quantitative estimate of drug-likeness (QED) is 0.879. The summed E-state index contributed by atoms with van der Waals surface area (Å²) in [5, 5.41) is 7.22. The summed E-state index contributed by atoms with van der Waals surface area (Å²) >= 11 is 5.78. The molecule has 5 nitrogen and oxygen atoms in total. The molecule has 1 aliphatic rings. The van der Waals surface area contributed by atoms with Crippen molar-refractivity contribution < 1.29 is 18.0 Å². The summed E-state index contributed by atoms with van der Waals surface area (Å²) in [5.74, 6) is -2.33. The number of carbonyl (C=O) groups is 1. The Morgan fingerprint density at radius 1 is 1.24 bits per heavy atom. The number of hydrogen-bond acceptors (Lipinski definition) is 3. The number of alkyl halides is 3. The van der Waals surface area contributed by atoms with Crippen molar-refractivity contribution in [3.05, 3.63) is 46.5 Å². The summed E-state index contributed by atoms with van der Waals surface area (Å²) in [7, 11) is 0. The van der Waals surface area contributed by atoms with Gasteiger partial charge in [0.25, 0.3) is 5.82 Å². The number of rotatable bonds is 1. The van der Waals surface area contributed by atoms with Gasteiger partial charge in [-0.3, -0.25) is 10.2 Å². The largest absolute Gasteiger partial charge is 0.453 e. The summed E-state index contributed by atoms with van der Waals surface area (Å²) in [6.45, 7) is 0. The molecule has 1 aromatic carbocycles. The van der Waals surface area contributed by atoms with Gasteiger partial charge in [0.15, 0.2) is 5.82 Å². The van der Waals surface area contributed by atoms with Crippen LogP contribution in [0.5, 0.6) is 0 Å². The monoisotopic (exact) mass is 316 g/mol. The Balaban J connectivity index is 2.09. The van der Waals surface area contributed by atoms with Crippen LogP contribution in [0.3, 0.4) is 0 Å². The third-order valence-electron chi connectivity index (χ3n) is 3.15. The van der Waals surface area contributed by atoms with Crippen LogP contribution in [-0.2, 0) is 11.0 Å². The Morgan fingerprint density at radius 3 is 2.52 bits per heavy atom. The van der Waals surface area contributed by atoms with Crippen molar-refractivity contribution in [2.75, 3.05) is 5.43 Å². The van der Waals surface area contributed by atoms with Crippen LogP contribution in [0, 0.1) is 0 Å². The molecule has 2 heterocycles. The van der Waals surface area contributed by atoms with Crippen LogP contribution in [-0.4, -0.2) is 20.8 Å². The summed E-state index contributed by atoms with van der Waals surface area (Å²) in [5.41, 5.74) is 2.78. The fourth-order valence-corrected chi connectivity index (χ4v) is 2.35. The predicted molar refractivity (Wildman–Crippen MR) is 67.3 cm³/mol. The molecule has 0 bridgehead atoms. The summed E-state index contributed by atoms with van der Waals surface area (Å²) in [4.78, 5) is 11.7. The molecular weight excluding hydrogens is 309 g/mol. The fourth-order valence-electron chi connectivity index (χ4n) is 2.22. The maximum absolute atomic E-state index is 12.8. The lowest BCUT2D eigenvalue weighted by atomic mass is 9.93. The topological polar surface area (TPSA) is 59.8 Å². The van der Waals surface area contributed by atoms with Crippen molar-refractivity contribution in [2.45, 2.75) is 18.5 Å². The molecule has 2 aromatic rings. The van der Waals surface area contributed by atoms with E-state index in [2.05, 4.69) is 15.6 Å². The zero-order valence-electron chi connectivity index (χ0n) is 10.4. The van der Waals surface area contributed by atoms with Gasteiger partial charge in [-0.1, -0.05) is 23.7 Å². The maximum atomic E-state index is 12.8. The summed E-state index contributed by atoms with van der Waals surface area (Å²) in [6.07, 6.45) is -4.70. The van der Waals surface area contributed by atoms with Crippen LogP contribution < -0.4 is 5.43 Å². The zero-order chi connectivity index (χ0) is 15.2. The molecule has 0 aliphatic carbocycles. The molecule has 3 rings (SSSR count). The number of fused-ring (bicyclic) bond motifs is 1. The van der Waals surface area contributed by atoms with Crippen molar-refractivity contribution in [1.29, 1.82) is 0 Å². The van der Waals surface area contributed by atoms with Gasteiger partial charge in [0.2, 0.25) is 5.91 Å². The van der Waals surface area contributed by atoms with Crippen molar-refractivity contribution in [1.82, 2.24) is 14.9 Å². The number of nitrogens with zero attached hydrogens (tertiary/aromatic N) is 3. The Labute approximate surface area is 121 Å². The van der Waals surface area contributed by atoms with E-state index in [0.29, 0.717) is 15.3 Å². The average molecular weight is 317 g/mol. The number of carbonyl (C=O) groups excluding carboxylic acids is 1. The minimum Gasteiger partial charge on any atom is -0.273 e. The van der Waals surface area contributed by atoms with Gasteiger partial charge < -0.3 is 0 Å². The van der Waals surface area contributed by atoms with E-state index in [1.165, 1.54) is 0 Å². The predicted octanol–water partition coefficient (Wildman–Crippen LogP) is 2.56. The minimum absolute atomic E-state index is 0.00236. The van der Waals surface area contributed by atoms with Crippen molar-refractivity contribution in [2.24, 2.45) is 0 Å². The van der Waals surface area contributed by atoms with Crippen LogP contribution >= 0.6 is 11.6 Å². The van der Waals surface area contributed by atoms with Gasteiger partial charge in [0.05, 0.1) is 5.92 Å². The van der Waals surface area contributed by atoms with Crippen LogP contribution in [0.1, 0.15) is 29.6 Å². The molecule has 0 radical (unpaired) electrons. The number of halogens is 4. The average Bonchev–Trinajstić information content (AvgIpc) is 2.82. The van der Waals surface area contributed by atoms with Crippen LogP contribution in [0.2, 0.25) is 5.02 Å². The molecule has 1 atom stereocenters. The molecule has 1 aliphatic heterocycles. The van der Waals surface area contributed by atoms with Crippen LogP contribution in [0.15, 0.2) is 24.3 Å². The lowest BCUT2D eigenvalue weighted by molar-refractivity contribution is -0.147.